The van der Waals surface area contributed by atoms with E-state index < -0.39 is 6.04 Å². The van der Waals surface area contributed by atoms with E-state index in [4.69, 9.17) is 4.42 Å². The first-order chi connectivity index (χ1) is 11.1. The molecule has 1 aliphatic heterocycles. The number of nitrogens with one attached hydrogen (secondary N) is 1. The zero-order valence-corrected chi connectivity index (χ0v) is 13.3. The number of aryl methyl sites for hydroxylation is 2. The van der Waals surface area contributed by atoms with Gasteiger partial charge in [-0.05, 0) is 44.9 Å². The van der Waals surface area contributed by atoms with E-state index in [1.165, 1.54) is 0 Å². The SMILES string of the molecule is Cc1cc(C(=O)NC2CCCN(c3ccccc3)C2=O)c(C)o1. The highest BCUT2D eigenvalue weighted by atomic mass is 16.3. The number of nitrogens with zero attached hydrogens (tertiary/aromatic N) is 1. The lowest BCUT2D eigenvalue weighted by atomic mass is 10.0. The number of amides is 2. The smallest absolute Gasteiger partial charge is 0.255 e. The molecule has 1 atom stereocenters. The van der Waals surface area contributed by atoms with Gasteiger partial charge in [0, 0.05) is 12.2 Å². The maximum atomic E-state index is 12.7. The monoisotopic (exact) mass is 312 g/mol. The Bertz CT molecular complexity index is 721. The Kier molecular flexibility index (Phi) is 4.19. The second-order valence-corrected chi connectivity index (χ2v) is 5.82. The second-order valence-electron chi connectivity index (χ2n) is 5.82. The van der Waals surface area contributed by atoms with Crippen LogP contribution in [0.15, 0.2) is 40.8 Å². The molecule has 120 valence electrons. The van der Waals surface area contributed by atoms with Gasteiger partial charge in [-0.3, -0.25) is 9.59 Å². The minimum absolute atomic E-state index is 0.0614. The summed E-state index contributed by atoms with van der Waals surface area (Å²) in [6.45, 7) is 4.23. The molecule has 1 saturated heterocycles. The van der Waals surface area contributed by atoms with Gasteiger partial charge < -0.3 is 14.6 Å². The third-order valence-corrected chi connectivity index (χ3v) is 4.10. The van der Waals surface area contributed by atoms with Crippen molar-refractivity contribution in [1.82, 2.24) is 5.32 Å². The summed E-state index contributed by atoms with van der Waals surface area (Å²) in [6, 6.07) is 10.8. The van der Waals surface area contributed by atoms with E-state index in [0.29, 0.717) is 30.0 Å². The van der Waals surface area contributed by atoms with Crippen molar-refractivity contribution in [3.63, 3.8) is 0 Å². The van der Waals surface area contributed by atoms with Crippen molar-refractivity contribution in [3.05, 3.63) is 53.5 Å². The van der Waals surface area contributed by atoms with Crippen molar-refractivity contribution in [2.24, 2.45) is 0 Å². The third-order valence-electron chi connectivity index (χ3n) is 4.10. The molecule has 5 nitrogen and oxygen atoms in total. The summed E-state index contributed by atoms with van der Waals surface area (Å²) >= 11 is 0. The first-order valence-corrected chi connectivity index (χ1v) is 7.80. The van der Waals surface area contributed by atoms with Crippen LogP contribution in [0.1, 0.15) is 34.7 Å². The highest BCUT2D eigenvalue weighted by Crippen LogP contribution is 2.21. The zero-order chi connectivity index (χ0) is 16.4. The van der Waals surface area contributed by atoms with Gasteiger partial charge >= 0.3 is 0 Å². The Labute approximate surface area is 135 Å². The van der Waals surface area contributed by atoms with Crippen molar-refractivity contribution in [2.75, 3.05) is 11.4 Å². The number of rotatable bonds is 3. The predicted octanol–water partition coefficient (Wildman–Crippen LogP) is 2.82. The molecular weight excluding hydrogens is 292 g/mol. The first-order valence-electron chi connectivity index (χ1n) is 7.80. The van der Waals surface area contributed by atoms with Crippen LogP contribution in [-0.2, 0) is 4.79 Å². The van der Waals surface area contributed by atoms with Gasteiger partial charge in [0.25, 0.3) is 5.91 Å². The van der Waals surface area contributed by atoms with E-state index in [9.17, 15) is 9.59 Å². The van der Waals surface area contributed by atoms with E-state index in [2.05, 4.69) is 5.32 Å². The molecule has 0 radical (unpaired) electrons. The number of para-hydroxylation sites is 1. The molecule has 1 aromatic heterocycles. The average Bonchev–Trinajstić information content (AvgIpc) is 2.89. The average molecular weight is 312 g/mol. The molecule has 0 aliphatic carbocycles. The van der Waals surface area contributed by atoms with E-state index in [1.54, 1.807) is 24.8 Å². The van der Waals surface area contributed by atoms with Crippen LogP contribution < -0.4 is 10.2 Å². The topological polar surface area (TPSA) is 62.6 Å². The van der Waals surface area contributed by atoms with Crippen molar-refractivity contribution in [1.29, 1.82) is 0 Å². The van der Waals surface area contributed by atoms with Crippen molar-refractivity contribution < 1.29 is 14.0 Å². The van der Waals surface area contributed by atoms with Crippen molar-refractivity contribution in [2.45, 2.75) is 32.7 Å². The predicted molar refractivity (Wildman–Crippen MR) is 87.5 cm³/mol. The molecule has 2 heterocycles. The molecule has 1 aromatic carbocycles. The van der Waals surface area contributed by atoms with Gasteiger partial charge in [-0.15, -0.1) is 0 Å². The molecule has 0 spiro atoms. The summed E-state index contributed by atoms with van der Waals surface area (Å²) in [6.07, 6.45) is 1.51. The fourth-order valence-corrected chi connectivity index (χ4v) is 2.97. The number of piperidine rings is 1. The lowest BCUT2D eigenvalue weighted by Gasteiger charge is -2.32. The van der Waals surface area contributed by atoms with Crippen LogP contribution in [0, 0.1) is 13.8 Å². The van der Waals surface area contributed by atoms with Gasteiger partial charge in [0.05, 0.1) is 5.56 Å². The lowest BCUT2D eigenvalue weighted by molar-refractivity contribution is -0.121. The maximum absolute atomic E-state index is 12.7. The maximum Gasteiger partial charge on any atom is 0.255 e. The Hall–Kier alpha value is -2.56. The highest BCUT2D eigenvalue weighted by Gasteiger charge is 2.31. The Morgan fingerprint density at radius 2 is 2.00 bits per heavy atom. The van der Waals surface area contributed by atoms with Crippen molar-refractivity contribution in [3.8, 4) is 0 Å². The van der Waals surface area contributed by atoms with Crippen molar-refractivity contribution >= 4 is 17.5 Å². The van der Waals surface area contributed by atoms with E-state index in [0.717, 1.165) is 12.1 Å². The molecule has 0 bridgehead atoms. The van der Waals surface area contributed by atoms with Gasteiger partial charge in [0.2, 0.25) is 5.91 Å². The molecule has 1 aliphatic rings. The van der Waals surface area contributed by atoms with Gasteiger partial charge in [0.15, 0.2) is 0 Å². The molecule has 1 fully saturated rings. The molecule has 0 saturated carbocycles. The molecule has 2 amide bonds. The van der Waals surface area contributed by atoms with Gasteiger partial charge in [-0.2, -0.15) is 0 Å². The van der Waals surface area contributed by atoms with Gasteiger partial charge in [-0.1, -0.05) is 18.2 Å². The highest BCUT2D eigenvalue weighted by molar-refractivity contribution is 6.03. The van der Waals surface area contributed by atoms with Crippen LogP contribution in [0.4, 0.5) is 5.69 Å². The van der Waals surface area contributed by atoms with Crippen LogP contribution in [0.2, 0.25) is 0 Å². The largest absolute Gasteiger partial charge is 0.466 e. The second kappa shape index (κ2) is 6.28. The molecule has 1 unspecified atom stereocenters. The standard InChI is InChI=1S/C18H20N2O3/c1-12-11-15(13(2)23-12)17(21)19-16-9-6-10-20(18(16)22)14-7-4-3-5-8-14/h3-5,7-8,11,16H,6,9-10H2,1-2H3,(H,19,21). The quantitative estimate of drug-likeness (QED) is 0.948. The number of hydrogen-bond donors (Lipinski definition) is 1. The molecule has 2 aromatic rings. The van der Waals surface area contributed by atoms with Crippen LogP contribution in [0.3, 0.4) is 0 Å². The van der Waals surface area contributed by atoms with Crippen LogP contribution >= 0.6 is 0 Å². The Morgan fingerprint density at radius 3 is 2.65 bits per heavy atom. The normalized spacial score (nSPS) is 18.1. The summed E-state index contributed by atoms with van der Waals surface area (Å²) in [5.74, 6) is 0.943. The van der Waals surface area contributed by atoms with E-state index in [-0.39, 0.29) is 11.8 Å². The Morgan fingerprint density at radius 1 is 1.26 bits per heavy atom. The van der Waals surface area contributed by atoms with Crippen LogP contribution in [0.5, 0.6) is 0 Å². The molecule has 5 heteroatoms. The number of carbonyl (C=O) groups excluding carboxylic acids is 2. The minimum atomic E-state index is -0.494. The summed E-state index contributed by atoms with van der Waals surface area (Å²) in [5, 5.41) is 2.85. The summed E-state index contributed by atoms with van der Waals surface area (Å²) in [4.78, 5) is 26.8. The minimum Gasteiger partial charge on any atom is -0.466 e. The first kappa shape index (κ1) is 15.3. The summed E-state index contributed by atoms with van der Waals surface area (Å²) < 4.78 is 5.39. The lowest BCUT2D eigenvalue weighted by Crippen LogP contribution is -2.52. The zero-order valence-electron chi connectivity index (χ0n) is 13.3. The molecule has 1 N–H and O–H groups in total. The number of benzene rings is 1. The number of furan rings is 1. The Balaban J connectivity index is 1.74. The molecular formula is C18H20N2O3. The third kappa shape index (κ3) is 3.13. The fraction of sp³-hybridized carbons (Fsp3) is 0.333. The van der Waals surface area contributed by atoms with E-state index >= 15 is 0 Å². The summed E-state index contributed by atoms with van der Waals surface area (Å²) in [7, 11) is 0. The number of hydrogen-bond acceptors (Lipinski definition) is 3. The fourth-order valence-electron chi connectivity index (χ4n) is 2.97. The number of anilines is 1. The van der Waals surface area contributed by atoms with Crippen LogP contribution in [-0.4, -0.2) is 24.4 Å². The molecule has 23 heavy (non-hydrogen) atoms. The molecule has 3 rings (SSSR count). The number of carbonyl (C=O) groups is 2. The van der Waals surface area contributed by atoms with Crippen LogP contribution in [0.25, 0.3) is 0 Å². The van der Waals surface area contributed by atoms with Gasteiger partial charge in [0.1, 0.15) is 17.6 Å². The van der Waals surface area contributed by atoms with E-state index in [1.807, 2.05) is 30.3 Å². The summed E-state index contributed by atoms with van der Waals surface area (Å²) in [5.41, 5.74) is 1.36. The van der Waals surface area contributed by atoms with Gasteiger partial charge in [-0.25, -0.2) is 0 Å².